The average Bonchev–Trinajstić information content (AvgIpc) is 3.08. The van der Waals surface area contributed by atoms with Gasteiger partial charge in [0.25, 0.3) is 0 Å². The van der Waals surface area contributed by atoms with Gasteiger partial charge in [0.2, 0.25) is 15.9 Å². The number of rotatable bonds is 6. The smallest absolute Gasteiger partial charge is 0.227 e. The normalized spacial score (nSPS) is 30.6. The molecule has 1 heterocycles. The Morgan fingerprint density at radius 3 is 2.28 bits per heavy atom. The summed E-state index contributed by atoms with van der Waals surface area (Å²) in [6.45, 7) is 5.20. The third-order valence-electron chi connectivity index (χ3n) is 8.29. The number of carbonyl (C=O) groups excluding carboxylic acids is 2. The van der Waals surface area contributed by atoms with Crippen molar-refractivity contribution in [1.82, 2.24) is 9.21 Å². The molecule has 1 aromatic rings. The summed E-state index contributed by atoms with van der Waals surface area (Å²) in [6, 6.07) is 7.01. The molecule has 174 valence electrons. The fourth-order valence-electron chi connectivity index (χ4n) is 5.80. The Labute approximate surface area is 189 Å². The minimum Gasteiger partial charge on any atom is -0.384 e. The number of piperazine rings is 1. The topological polar surface area (TPSA) is 125 Å². The van der Waals surface area contributed by atoms with Gasteiger partial charge < -0.3 is 10.6 Å². The van der Waals surface area contributed by atoms with Gasteiger partial charge >= 0.3 is 0 Å². The van der Waals surface area contributed by atoms with E-state index >= 15 is 0 Å². The van der Waals surface area contributed by atoms with Crippen LogP contribution in [0.2, 0.25) is 0 Å². The minimum absolute atomic E-state index is 0.00332. The summed E-state index contributed by atoms with van der Waals surface area (Å²) >= 11 is 0. The van der Waals surface area contributed by atoms with E-state index in [1.807, 2.05) is 13.8 Å². The lowest BCUT2D eigenvalue weighted by Crippen LogP contribution is -2.53. The summed E-state index contributed by atoms with van der Waals surface area (Å²) in [5.41, 5.74) is 5.85. The van der Waals surface area contributed by atoms with Crippen molar-refractivity contribution < 1.29 is 18.0 Å². The molecule has 3 fully saturated rings. The number of Topliss-reactive ketones (excluding diaryl/α,β-unsaturated/α-hetero) is 1. The Balaban J connectivity index is 1.35. The Morgan fingerprint density at radius 1 is 1.16 bits per heavy atom. The summed E-state index contributed by atoms with van der Waals surface area (Å²) in [5.74, 6) is 0.295. The molecule has 2 aliphatic carbocycles. The number of hydrogen-bond acceptors (Lipinski definition) is 5. The van der Waals surface area contributed by atoms with Crippen LogP contribution in [0.3, 0.4) is 0 Å². The van der Waals surface area contributed by atoms with E-state index in [1.54, 1.807) is 29.2 Å². The van der Waals surface area contributed by atoms with Crippen molar-refractivity contribution in [2.45, 2.75) is 39.5 Å². The van der Waals surface area contributed by atoms with Crippen LogP contribution in [-0.4, -0.2) is 67.1 Å². The van der Waals surface area contributed by atoms with Gasteiger partial charge in [0.15, 0.2) is 0 Å². The number of nitrogens with zero attached hydrogens (tertiary/aromatic N) is 2. The third kappa shape index (κ3) is 3.75. The van der Waals surface area contributed by atoms with E-state index < -0.39 is 20.9 Å². The molecule has 0 aromatic heterocycles. The number of ketones is 1. The lowest BCUT2D eigenvalue weighted by molar-refractivity contribution is -0.131. The molecule has 0 radical (unpaired) electrons. The van der Waals surface area contributed by atoms with Gasteiger partial charge in [-0.15, -0.1) is 0 Å². The standard InChI is InChI=1S/C23H32N4O4S/c1-22-8-7-18(14-19(22)28)23(22,2)15-32(30,31)27-11-9-26(10-12-27)20(29)13-16-3-5-17(6-4-16)21(24)25/h3-6,18H,7-15H2,1-2H3,(H3,24,25). The molecule has 32 heavy (non-hydrogen) atoms. The number of benzene rings is 1. The number of carbonyl (C=O) groups is 2. The zero-order valence-corrected chi connectivity index (χ0v) is 19.6. The second-order valence-corrected chi connectivity index (χ2v) is 11.9. The van der Waals surface area contributed by atoms with Crippen molar-refractivity contribution in [3.8, 4) is 0 Å². The van der Waals surface area contributed by atoms with E-state index in [0.29, 0.717) is 25.1 Å². The van der Waals surface area contributed by atoms with Crippen LogP contribution in [0.15, 0.2) is 24.3 Å². The van der Waals surface area contributed by atoms with E-state index in [1.165, 1.54) is 4.31 Å². The fourth-order valence-corrected chi connectivity index (χ4v) is 8.02. The molecule has 8 nitrogen and oxygen atoms in total. The van der Waals surface area contributed by atoms with E-state index in [0.717, 1.165) is 18.4 Å². The van der Waals surface area contributed by atoms with Crippen LogP contribution in [0.1, 0.15) is 44.2 Å². The van der Waals surface area contributed by atoms with Crippen LogP contribution >= 0.6 is 0 Å². The predicted molar refractivity (Wildman–Crippen MR) is 122 cm³/mol. The molecule has 1 amide bonds. The first-order chi connectivity index (χ1) is 15.0. The van der Waals surface area contributed by atoms with E-state index in [9.17, 15) is 18.0 Å². The number of nitrogens with one attached hydrogen (secondary N) is 1. The summed E-state index contributed by atoms with van der Waals surface area (Å²) in [7, 11) is -3.52. The van der Waals surface area contributed by atoms with Crippen molar-refractivity contribution in [3.63, 3.8) is 0 Å². The molecule has 9 heteroatoms. The maximum absolute atomic E-state index is 13.3. The Kier molecular flexibility index (Phi) is 5.69. The molecule has 1 aliphatic heterocycles. The summed E-state index contributed by atoms with van der Waals surface area (Å²) in [4.78, 5) is 26.9. The second-order valence-electron chi connectivity index (χ2n) is 9.94. The number of hydrogen-bond donors (Lipinski definition) is 2. The van der Waals surface area contributed by atoms with Crippen molar-refractivity contribution in [3.05, 3.63) is 35.4 Å². The van der Waals surface area contributed by atoms with Crippen LogP contribution in [0.25, 0.3) is 0 Å². The highest BCUT2D eigenvalue weighted by molar-refractivity contribution is 7.89. The molecule has 2 saturated carbocycles. The number of nitrogens with two attached hydrogens (primary N) is 1. The zero-order valence-electron chi connectivity index (χ0n) is 18.8. The van der Waals surface area contributed by atoms with Crippen molar-refractivity contribution in [2.24, 2.45) is 22.5 Å². The van der Waals surface area contributed by atoms with Gasteiger partial charge in [-0.05, 0) is 29.7 Å². The van der Waals surface area contributed by atoms with Gasteiger partial charge in [-0.1, -0.05) is 38.1 Å². The van der Waals surface area contributed by atoms with E-state index in [4.69, 9.17) is 11.1 Å². The molecule has 0 spiro atoms. The molecule has 2 bridgehead atoms. The monoisotopic (exact) mass is 460 g/mol. The Morgan fingerprint density at radius 2 is 1.78 bits per heavy atom. The minimum atomic E-state index is -3.52. The number of amides is 1. The molecular formula is C23H32N4O4S. The van der Waals surface area contributed by atoms with Crippen LogP contribution in [0, 0.1) is 22.2 Å². The van der Waals surface area contributed by atoms with Gasteiger partial charge in [0.05, 0.1) is 12.2 Å². The number of sulfonamides is 1. The first kappa shape index (κ1) is 22.9. The molecule has 3 aliphatic rings. The number of nitrogen functional groups attached to an aromatic ring is 1. The van der Waals surface area contributed by atoms with Crippen LogP contribution < -0.4 is 5.73 Å². The lowest BCUT2D eigenvalue weighted by Gasteiger charge is -2.40. The van der Waals surface area contributed by atoms with Gasteiger partial charge in [0.1, 0.15) is 11.6 Å². The highest BCUT2D eigenvalue weighted by Gasteiger charge is 2.65. The van der Waals surface area contributed by atoms with Crippen molar-refractivity contribution in [2.75, 3.05) is 31.9 Å². The first-order valence-electron chi connectivity index (χ1n) is 11.2. The van der Waals surface area contributed by atoms with Gasteiger partial charge in [0, 0.05) is 43.6 Å². The van der Waals surface area contributed by atoms with Crippen LogP contribution in [0.4, 0.5) is 0 Å². The molecule has 4 rings (SSSR count). The van der Waals surface area contributed by atoms with Crippen LogP contribution in [-0.2, 0) is 26.0 Å². The first-order valence-corrected chi connectivity index (χ1v) is 12.8. The predicted octanol–water partition coefficient (Wildman–Crippen LogP) is 1.38. The third-order valence-corrected chi connectivity index (χ3v) is 10.4. The van der Waals surface area contributed by atoms with Gasteiger partial charge in [-0.3, -0.25) is 15.0 Å². The van der Waals surface area contributed by atoms with Crippen molar-refractivity contribution >= 4 is 27.5 Å². The number of fused-ring (bicyclic) bond motifs is 2. The zero-order chi connectivity index (χ0) is 23.3. The maximum Gasteiger partial charge on any atom is 0.227 e. The molecule has 1 saturated heterocycles. The van der Waals surface area contributed by atoms with Crippen LogP contribution in [0.5, 0.6) is 0 Å². The highest BCUT2D eigenvalue weighted by atomic mass is 32.2. The summed E-state index contributed by atoms with van der Waals surface area (Å²) < 4.78 is 28.0. The Bertz CT molecular complexity index is 1050. The van der Waals surface area contributed by atoms with E-state index in [2.05, 4.69) is 0 Å². The summed E-state index contributed by atoms with van der Waals surface area (Å²) in [5, 5.41) is 7.44. The average molecular weight is 461 g/mol. The highest BCUT2D eigenvalue weighted by Crippen LogP contribution is 2.64. The van der Waals surface area contributed by atoms with Crippen molar-refractivity contribution in [1.29, 1.82) is 5.41 Å². The fraction of sp³-hybridized carbons (Fsp3) is 0.609. The SMILES string of the molecule is CC12CCC(CC1=O)C2(C)CS(=O)(=O)N1CCN(C(=O)Cc2ccc(C(=N)N)cc2)CC1. The largest absolute Gasteiger partial charge is 0.384 e. The molecule has 3 N–H and O–H groups in total. The molecule has 1 aromatic carbocycles. The number of amidine groups is 1. The Hall–Kier alpha value is -2.26. The molecular weight excluding hydrogens is 428 g/mol. The van der Waals surface area contributed by atoms with Gasteiger partial charge in [-0.25, -0.2) is 8.42 Å². The molecule has 3 atom stereocenters. The molecule has 3 unspecified atom stereocenters. The second kappa shape index (κ2) is 7.95. The van der Waals surface area contributed by atoms with Gasteiger partial charge in [-0.2, -0.15) is 4.31 Å². The lowest BCUT2D eigenvalue weighted by atomic mass is 9.70. The quantitative estimate of drug-likeness (QED) is 0.490. The maximum atomic E-state index is 13.3. The summed E-state index contributed by atoms with van der Waals surface area (Å²) in [6.07, 6.45) is 2.42. The van der Waals surface area contributed by atoms with E-state index in [-0.39, 0.29) is 48.7 Å².